The van der Waals surface area contributed by atoms with Crippen LogP contribution in [0.1, 0.15) is 16.0 Å². The van der Waals surface area contributed by atoms with Crippen LogP contribution in [0.2, 0.25) is 0 Å². The third-order valence-corrected chi connectivity index (χ3v) is 2.21. The summed E-state index contributed by atoms with van der Waals surface area (Å²) < 4.78 is 0. The SMILES string of the molecule is Cc1ccncc1C(Br)C=O. The molecule has 1 aromatic rings. The second-order valence-corrected chi connectivity index (χ2v) is 3.26. The Labute approximate surface area is 73.8 Å². The molecule has 0 spiro atoms. The van der Waals surface area contributed by atoms with Crippen molar-refractivity contribution in [3.63, 3.8) is 0 Å². The van der Waals surface area contributed by atoms with Crippen LogP contribution in [0.4, 0.5) is 0 Å². The van der Waals surface area contributed by atoms with Crippen molar-refractivity contribution in [2.24, 2.45) is 0 Å². The molecule has 0 aliphatic heterocycles. The summed E-state index contributed by atoms with van der Waals surface area (Å²) in [6, 6.07) is 1.88. The maximum Gasteiger partial charge on any atom is 0.138 e. The first-order valence-corrected chi connectivity index (χ1v) is 4.17. The first-order chi connectivity index (χ1) is 5.25. The normalized spacial score (nSPS) is 12.5. The molecule has 2 nitrogen and oxygen atoms in total. The monoisotopic (exact) mass is 213 g/mol. The number of hydrogen-bond acceptors (Lipinski definition) is 2. The first-order valence-electron chi connectivity index (χ1n) is 3.25. The number of carbonyl (C=O) groups is 1. The van der Waals surface area contributed by atoms with Gasteiger partial charge in [-0.2, -0.15) is 0 Å². The smallest absolute Gasteiger partial charge is 0.138 e. The van der Waals surface area contributed by atoms with Crippen LogP contribution >= 0.6 is 15.9 Å². The Hall–Kier alpha value is -0.700. The number of carbonyl (C=O) groups excluding carboxylic acids is 1. The number of aryl methyl sites for hydroxylation is 1. The highest BCUT2D eigenvalue weighted by atomic mass is 79.9. The van der Waals surface area contributed by atoms with Crippen molar-refractivity contribution in [3.8, 4) is 0 Å². The highest BCUT2D eigenvalue weighted by Gasteiger charge is 2.07. The molecule has 11 heavy (non-hydrogen) atoms. The van der Waals surface area contributed by atoms with Crippen molar-refractivity contribution in [1.29, 1.82) is 0 Å². The predicted molar refractivity (Wildman–Crippen MR) is 46.7 cm³/mol. The van der Waals surface area contributed by atoms with E-state index in [1.807, 2.05) is 13.0 Å². The first kappa shape index (κ1) is 8.40. The van der Waals surface area contributed by atoms with Crippen molar-refractivity contribution >= 4 is 22.2 Å². The van der Waals surface area contributed by atoms with Gasteiger partial charge in [0.25, 0.3) is 0 Å². The second-order valence-electron chi connectivity index (χ2n) is 2.27. The fourth-order valence-electron chi connectivity index (χ4n) is 0.838. The summed E-state index contributed by atoms with van der Waals surface area (Å²) in [5, 5.41) is 0. The van der Waals surface area contributed by atoms with E-state index in [1.54, 1.807) is 12.4 Å². The molecule has 0 aliphatic carbocycles. The molecule has 0 saturated carbocycles. The number of aldehydes is 1. The fraction of sp³-hybridized carbons (Fsp3) is 0.250. The molecule has 1 rings (SSSR count). The zero-order chi connectivity index (χ0) is 8.27. The topological polar surface area (TPSA) is 30.0 Å². The van der Waals surface area contributed by atoms with Crippen LogP contribution in [0, 0.1) is 6.92 Å². The Morgan fingerprint density at radius 2 is 2.45 bits per heavy atom. The van der Waals surface area contributed by atoms with Gasteiger partial charge in [0, 0.05) is 12.4 Å². The van der Waals surface area contributed by atoms with E-state index < -0.39 is 0 Å². The molecule has 0 aromatic carbocycles. The largest absolute Gasteiger partial charge is 0.302 e. The summed E-state index contributed by atoms with van der Waals surface area (Å²) in [7, 11) is 0. The van der Waals surface area contributed by atoms with Gasteiger partial charge in [0.1, 0.15) is 6.29 Å². The van der Waals surface area contributed by atoms with Gasteiger partial charge in [-0.15, -0.1) is 0 Å². The number of nitrogens with zero attached hydrogens (tertiary/aromatic N) is 1. The van der Waals surface area contributed by atoms with Crippen LogP contribution in [0.25, 0.3) is 0 Å². The summed E-state index contributed by atoms with van der Waals surface area (Å²) in [6.07, 6.45) is 4.26. The fourth-order valence-corrected chi connectivity index (χ4v) is 1.32. The molecule has 1 heterocycles. The van der Waals surface area contributed by atoms with Crippen molar-refractivity contribution in [1.82, 2.24) is 4.98 Å². The van der Waals surface area contributed by atoms with Crippen LogP contribution < -0.4 is 0 Å². The van der Waals surface area contributed by atoms with E-state index in [2.05, 4.69) is 20.9 Å². The third-order valence-electron chi connectivity index (χ3n) is 1.50. The van der Waals surface area contributed by atoms with Crippen LogP contribution in [0.5, 0.6) is 0 Å². The molecule has 0 bridgehead atoms. The van der Waals surface area contributed by atoms with Crippen LogP contribution in [0.3, 0.4) is 0 Å². The summed E-state index contributed by atoms with van der Waals surface area (Å²) in [5.74, 6) is 0. The van der Waals surface area contributed by atoms with Gasteiger partial charge in [0.15, 0.2) is 0 Å². The van der Waals surface area contributed by atoms with E-state index in [-0.39, 0.29) is 4.83 Å². The Bertz CT molecular complexity index is 262. The maximum atomic E-state index is 10.4. The van der Waals surface area contributed by atoms with E-state index in [1.165, 1.54) is 0 Å². The molecule has 0 fully saturated rings. The van der Waals surface area contributed by atoms with E-state index in [4.69, 9.17) is 0 Å². The van der Waals surface area contributed by atoms with Gasteiger partial charge in [0.2, 0.25) is 0 Å². The van der Waals surface area contributed by atoms with Gasteiger partial charge in [0.05, 0.1) is 4.83 Å². The maximum absolute atomic E-state index is 10.4. The Morgan fingerprint density at radius 3 is 3.00 bits per heavy atom. The summed E-state index contributed by atoms with van der Waals surface area (Å²) in [4.78, 5) is 14.1. The van der Waals surface area contributed by atoms with Crippen molar-refractivity contribution in [2.75, 3.05) is 0 Å². The highest BCUT2D eigenvalue weighted by molar-refractivity contribution is 9.09. The average molecular weight is 214 g/mol. The van der Waals surface area contributed by atoms with Gasteiger partial charge < -0.3 is 4.79 Å². The minimum atomic E-state index is -0.226. The van der Waals surface area contributed by atoms with E-state index in [0.717, 1.165) is 17.4 Å². The molecule has 1 atom stereocenters. The summed E-state index contributed by atoms with van der Waals surface area (Å²) >= 11 is 3.23. The Balaban J connectivity index is 3.02. The minimum Gasteiger partial charge on any atom is -0.302 e. The van der Waals surface area contributed by atoms with E-state index in [0.29, 0.717) is 0 Å². The molecule has 58 valence electrons. The van der Waals surface area contributed by atoms with Crippen molar-refractivity contribution < 1.29 is 4.79 Å². The zero-order valence-corrected chi connectivity index (χ0v) is 7.71. The highest BCUT2D eigenvalue weighted by Crippen LogP contribution is 2.21. The molecule has 1 unspecified atom stereocenters. The molecule has 0 radical (unpaired) electrons. The molecular weight excluding hydrogens is 206 g/mol. The van der Waals surface area contributed by atoms with Gasteiger partial charge in [-0.25, -0.2) is 0 Å². The minimum absolute atomic E-state index is 0.226. The lowest BCUT2D eigenvalue weighted by atomic mass is 10.1. The van der Waals surface area contributed by atoms with Crippen LogP contribution in [0.15, 0.2) is 18.5 Å². The molecule has 0 saturated heterocycles. The number of rotatable bonds is 2. The van der Waals surface area contributed by atoms with E-state index >= 15 is 0 Å². The molecule has 0 aliphatic rings. The average Bonchev–Trinajstić information content (AvgIpc) is 2.04. The van der Waals surface area contributed by atoms with Crippen molar-refractivity contribution in [3.05, 3.63) is 29.6 Å². The van der Waals surface area contributed by atoms with Crippen LogP contribution in [-0.4, -0.2) is 11.3 Å². The molecule has 3 heteroatoms. The molecular formula is C8H8BrNO. The van der Waals surface area contributed by atoms with E-state index in [9.17, 15) is 4.79 Å². The Morgan fingerprint density at radius 1 is 1.73 bits per heavy atom. The lowest BCUT2D eigenvalue weighted by Gasteiger charge is -2.04. The zero-order valence-electron chi connectivity index (χ0n) is 6.12. The van der Waals surface area contributed by atoms with Crippen molar-refractivity contribution in [2.45, 2.75) is 11.8 Å². The number of halogens is 1. The van der Waals surface area contributed by atoms with Gasteiger partial charge >= 0.3 is 0 Å². The molecule has 0 amide bonds. The number of alkyl halides is 1. The van der Waals surface area contributed by atoms with Crippen LogP contribution in [-0.2, 0) is 4.79 Å². The number of pyridine rings is 1. The predicted octanol–water partition coefficient (Wildman–Crippen LogP) is 2.02. The second kappa shape index (κ2) is 3.62. The lowest BCUT2D eigenvalue weighted by molar-refractivity contribution is -0.107. The third kappa shape index (κ3) is 1.87. The van der Waals surface area contributed by atoms with Gasteiger partial charge in [-0.3, -0.25) is 4.98 Å². The Kier molecular flexibility index (Phi) is 2.76. The summed E-state index contributed by atoms with van der Waals surface area (Å²) in [6.45, 7) is 1.95. The number of aromatic nitrogens is 1. The number of hydrogen-bond donors (Lipinski definition) is 0. The van der Waals surface area contributed by atoms with Gasteiger partial charge in [-0.05, 0) is 24.1 Å². The lowest BCUT2D eigenvalue weighted by Crippen LogP contribution is -1.94. The van der Waals surface area contributed by atoms with Gasteiger partial charge in [-0.1, -0.05) is 15.9 Å². The summed E-state index contributed by atoms with van der Waals surface area (Å²) in [5.41, 5.74) is 2.01. The molecule has 1 aromatic heterocycles. The standard InChI is InChI=1S/C8H8BrNO/c1-6-2-3-10-4-7(6)8(9)5-11/h2-5,8H,1H3. The quantitative estimate of drug-likeness (QED) is 0.556. The molecule has 0 N–H and O–H groups in total.